The van der Waals surface area contributed by atoms with Crippen molar-refractivity contribution in [3.05, 3.63) is 36.7 Å². The van der Waals surface area contributed by atoms with Gasteiger partial charge in [-0.05, 0) is 12.2 Å². The first kappa shape index (κ1) is 10.7. The highest BCUT2D eigenvalue weighted by Gasteiger charge is 2.04. The van der Waals surface area contributed by atoms with Gasteiger partial charge < -0.3 is 5.32 Å². The van der Waals surface area contributed by atoms with E-state index in [2.05, 4.69) is 16.9 Å². The largest absolute Gasteiger partial charge is 0.360 e. The fourth-order valence-corrected chi connectivity index (χ4v) is 0.820. The molecule has 0 atom stereocenters. The highest BCUT2D eigenvalue weighted by atomic mass is 14.9. The van der Waals surface area contributed by atoms with Gasteiger partial charge in [0.25, 0.3) is 0 Å². The van der Waals surface area contributed by atoms with Crippen LogP contribution in [0.2, 0.25) is 0 Å². The molecule has 0 fully saturated rings. The molecular formula is C10H16N2. The van der Waals surface area contributed by atoms with Gasteiger partial charge >= 0.3 is 0 Å². The lowest BCUT2D eigenvalue weighted by atomic mass is 10.3. The summed E-state index contributed by atoms with van der Waals surface area (Å²) in [7, 11) is 1.77. The maximum absolute atomic E-state index is 4.04. The Morgan fingerprint density at radius 2 is 2.17 bits per heavy atom. The smallest absolute Gasteiger partial charge is 0.0819 e. The first-order chi connectivity index (χ1) is 5.88. The van der Waals surface area contributed by atoms with E-state index in [1.807, 2.05) is 32.2 Å². The molecule has 2 heteroatoms. The molecule has 66 valence electrons. The third kappa shape index (κ3) is 2.74. The van der Waals surface area contributed by atoms with Crippen LogP contribution in [0, 0.1) is 0 Å². The van der Waals surface area contributed by atoms with E-state index in [9.17, 15) is 0 Å². The predicted molar refractivity (Wildman–Crippen MR) is 55.3 cm³/mol. The van der Waals surface area contributed by atoms with Gasteiger partial charge in [0.1, 0.15) is 0 Å². The summed E-state index contributed by atoms with van der Waals surface area (Å²) >= 11 is 0. The summed E-state index contributed by atoms with van der Waals surface area (Å²) in [5.41, 5.74) is 1.98. The average Bonchev–Trinajstić information content (AvgIpc) is 2.56. The van der Waals surface area contributed by atoms with Crippen LogP contribution in [-0.2, 0) is 0 Å². The summed E-state index contributed by atoms with van der Waals surface area (Å²) in [5, 5.41) is 3.04. The Bertz CT molecular complexity index is 222. The summed E-state index contributed by atoms with van der Waals surface area (Å²) < 4.78 is 0. The van der Waals surface area contributed by atoms with E-state index in [0.717, 1.165) is 11.4 Å². The van der Waals surface area contributed by atoms with Crippen LogP contribution in [0.15, 0.2) is 41.7 Å². The van der Waals surface area contributed by atoms with Crippen molar-refractivity contribution in [1.29, 1.82) is 0 Å². The maximum atomic E-state index is 4.04. The van der Waals surface area contributed by atoms with E-state index in [0.29, 0.717) is 0 Å². The van der Waals surface area contributed by atoms with Crippen molar-refractivity contribution < 1.29 is 0 Å². The number of nitrogens with zero attached hydrogens (tertiary/aromatic N) is 1. The van der Waals surface area contributed by atoms with Crippen molar-refractivity contribution in [2.24, 2.45) is 4.99 Å². The summed E-state index contributed by atoms with van der Waals surface area (Å²) in [4.78, 5) is 4.04. The summed E-state index contributed by atoms with van der Waals surface area (Å²) in [6, 6.07) is 0. The fourth-order valence-electron chi connectivity index (χ4n) is 0.820. The van der Waals surface area contributed by atoms with E-state index in [-0.39, 0.29) is 0 Å². The second kappa shape index (κ2) is 6.40. The molecule has 1 aliphatic heterocycles. The minimum Gasteiger partial charge on any atom is -0.360 e. The molecule has 0 saturated heterocycles. The Kier molecular flexibility index (Phi) is 5.70. The molecule has 2 nitrogen and oxygen atoms in total. The predicted octanol–water partition coefficient (Wildman–Crippen LogP) is 2.27. The highest BCUT2D eigenvalue weighted by molar-refractivity contribution is 6.10. The van der Waals surface area contributed by atoms with Crippen molar-refractivity contribution in [2.75, 3.05) is 7.05 Å². The van der Waals surface area contributed by atoms with Crippen LogP contribution in [0.4, 0.5) is 0 Å². The Labute approximate surface area is 74.4 Å². The van der Waals surface area contributed by atoms with Crippen molar-refractivity contribution >= 4 is 5.71 Å². The zero-order valence-electron chi connectivity index (χ0n) is 7.96. The molecule has 0 aliphatic carbocycles. The van der Waals surface area contributed by atoms with Crippen LogP contribution < -0.4 is 5.32 Å². The van der Waals surface area contributed by atoms with E-state index < -0.39 is 0 Å². The number of aliphatic imine (C=N–C) groups is 1. The molecule has 0 aromatic carbocycles. The minimum absolute atomic E-state index is 0.972. The first-order valence-electron chi connectivity index (χ1n) is 4.11. The molecule has 1 heterocycles. The van der Waals surface area contributed by atoms with E-state index in [4.69, 9.17) is 0 Å². The number of allylic oxidation sites excluding steroid dienone is 3. The van der Waals surface area contributed by atoms with Gasteiger partial charge in [0.2, 0.25) is 0 Å². The lowest BCUT2D eigenvalue weighted by molar-refractivity contribution is 1.17. The third-order valence-electron chi connectivity index (χ3n) is 1.28. The second-order valence-corrected chi connectivity index (χ2v) is 1.90. The minimum atomic E-state index is 0.972. The molecule has 0 aromatic rings. The SMILES string of the molecule is C=C/C=C1/NC=CC1=NC.CC. The lowest BCUT2D eigenvalue weighted by Gasteiger charge is -1.95. The van der Waals surface area contributed by atoms with Crippen LogP contribution in [0.25, 0.3) is 0 Å². The van der Waals surface area contributed by atoms with Crippen LogP contribution >= 0.6 is 0 Å². The van der Waals surface area contributed by atoms with Gasteiger partial charge in [0, 0.05) is 13.2 Å². The number of hydrogen-bond acceptors (Lipinski definition) is 2. The number of nitrogens with one attached hydrogen (secondary N) is 1. The Morgan fingerprint density at radius 3 is 2.67 bits per heavy atom. The zero-order valence-corrected chi connectivity index (χ0v) is 7.96. The van der Waals surface area contributed by atoms with Crippen LogP contribution in [0.1, 0.15) is 13.8 Å². The molecule has 1 rings (SSSR count). The van der Waals surface area contributed by atoms with Gasteiger partial charge in [-0.2, -0.15) is 0 Å². The quantitative estimate of drug-likeness (QED) is 0.631. The zero-order chi connectivity index (χ0) is 9.40. The Balaban J connectivity index is 0.000000561. The van der Waals surface area contributed by atoms with E-state index in [1.54, 1.807) is 13.1 Å². The van der Waals surface area contributed by atoms with E-state index >= 15 is 0 Å². The maximum Gasteiger partial charge on any atom is 0.0819 e. The monoisotopic (exact) mass is 164 g/mol. The molecule has 0 amide bonds. The average molecular weight is 164 g/mol. The van der Waals surface area contributed by atoms with Gasteiger partial charge in [0.05, 0.1) is 11.4 Å². The molecule has 1 aliphatic rings. The van der Waals surface area contributed by atoms with Crippen molar-refractivity contribution in [3.63, 3.8) is 0 Å². The summed E-state index contributed by atoms with van der Waals surface area (Å²) in [6.07, 6.45) is 7.41. The Morgan fingerprint density at radius 1 is 1.50 bits per heavy atom. The summed E-state index contributed by atoms with van der Waals surface area (Å²) in [5.74, 6) is 0. The summed E-state index contributed by atoms with van der Waals surface area (Å²) in [6.45, 7) is 7.59. The molecule has 0 radical (unpaired) electrons. The normalized spacial score (nSPS) is 20.2. The standard InChI is InChI=1S/C8H10N2.C2H6/c1-3-4-8-7(9-2)5-6-10-8;1-2/h3-6,10H,1H2,2H3;1-2H3/b8-4+,9-7?;. The molecule has 0 saturated carbocycles. The molecule has 0 bridgehead atoms. The Hall–Kier alpha value is -1.31. The van der Waals surface area contributed by atoms with Gasteiger partial charge in [-0.3, -0.25) is 4.99 Å². The van der Waals surface area contributed by atoms with Gasteiger partial charge in [-0.15, -0.1) is 0 Å². The van der Waals surface area contributed by atoms with Crippen molar-refractivity contribution in [1.82, 2.24) is 5.32 Å². The van der Waals surface area contributed by atoms with E-state index in [1.165, 1.54) is 0 Å². The number of rotatable bonds is 1. The van der Waals surface area contributed by atoms with Crippen LogP contribution in [0.3, 0.4) is 0 Å². The van der Waals surface area contributed by atoms with Crippen molar-refractivity contribution in [3.8, 4) is 0 Å². The molecule has 0 unspecified atom stereocenters. The molecular weight excluding hydrogens is 148 g/mol. The van der Waals surface area contributed by atoms with Gasteiger partial charge in [-0.25, -0.2) is 0 Å². The first-order valence-corrected chi connectivity index (χ1v) is 4.11. The fraction of sp³-hybridized carbons (Fsp3) is 0.300. The lowest BCUT2D eigenvalue weighted by Crippen LogP contribution is -2.04. The van der Waals surface area contributed by atoms with Crippen LogP contribution in [0.5, 0.6) is 0 Å². The molecule has 12 heavy (non-hydrogen) atoms. The topological polar surface area (TPSA) is 24.4 Å². The second-order valence-electron chi connectivity index (χ2n) is 1.90. The van der Waals surface area contributed by atoms with Gasteiger partial charge in [0.15, 0.2) is 0 Å². The van der Waals surface area contributed by atoms with Crippen LogP contribution in [-0.4, -0.2) is 12.8 Å². The molecule has 1 N–H and O–H groups in total. The molecule has 0 aromatic heterocycles. The third-order valence-corrected chi connectivity index (χ3v) is 1.28. The number of hydrogen-bond donors (Lipinski definition) is 1. The van der Waals surface area contributed by atoms with Crippen molar-refractivity contribution in [2.45, 2.75) is 13.8 Å². The van der Waals surface area contributed by atoms with Gasteiger partial charge in [-0.1, -0.05) is 26.5 Å². The highest BCUT2D eigenvalue weighted by Crippen LogP contribution is 2.02. The molecule has 0 spiro atoms.